The van der Waals surface area contributed by atoms with Crippen LogP contribution in [0, 0.1) is 0 Å². The number of carbonyl (C=O) groups is 4. The van der Waals surface area contributed by atoms with E-state index >= 15 is 0 Å². The van der Waals surface area contributed by atoms with E-state index in [-0.39, 0.29) is 0 Å². The highest BCUT2D eigenvalue weighted by Crippen LogP contribution is 2.05. The molecule has 1 aliphatic heterocycles. The molecule has 0 fully saturated rings. The van der Waals surface area contributed by atoms with E-state index in [4.69, 9.17) is 4.55 Å². The number of nitrogens with one attached hydrogen (secondary N) is 1. The number of hydrogen-bond donors (Lipinski definition) is 3. The molecule has 0 aromatic heterocycles. The maximum Gasteiger partial charge on any atom is 0.338 e. The van der Waals surface area contributed by atoms with Crippen LogP contribution in [0.25, 0.3) is 0 Å². The summed E-state index contributed by atoms with van der Waals surface area (Å²) in [6.07, 6.45) is 4.26. The summed E-state index contributed by atoms with van der Waals surface area (Å²) in [5, 5.41) is 2.37. The summed E-state index contributed by atoms with van der Waals surface area (Å²) < 4.78 is 33.5. The van der Waals surface area contributed by atoms with Crippen LogP contribution in [0.4, 0.5) is 0 Å². The number of nitrogens with two attached hydrogens (primary N) is 1. The number of rotatable bonds is 5. The average molecular weight is 376 g/mol. The standard InChI is InChI=1S/C7H13NO4S.C4H2O3.C3H5NO/c1-4-6(9)8-7(2,3)5-13(10,11)12;5-3-1-2-4(6)7-3;1-2-3(4)5/h4H,1,5H2,2-3H3,(H,8,9)(H,10,11,12);1-2H;2H,1H2,(H2,4,5). The number of primary amides is 1. The lowest BCUT2D eigenvalue weighted by Gasteiger charge is -2.23. The lowest BCUT2D eigenvalue weighted by atomic mass is 10.1. The average Bonchev–Trinajstić information content (AvgIpc) is 2.80. The van der Waals surface area contributed by atoms with Crippen LogP contribution < -0.4 is 11.1 Å². The van der Waals surface area contributed by atoms with Crippen LogP contribution in [0.3, 0.4) is 0 Å². The molecule has 0 saturated heterocycles. The van der Waals surface area contributed by atoms with Gasteiger partial charge in [0.15, 0.2) is 0 Å². The molecule has 25 heavy (non-hydrogen) atoms. The Balaban J connectivity index is 0. The molecule has 0 bridgehead atoms. The van der Waals surface area contributed by atoms with Gasteiger partial charge in [0.1, 0.15) is 0 Å². The summed E-state index contributed by atoms with van der Waals surface area (Å²) >= 11 is 0. The maximum atomic E-state index is 10.8. The Kier molecular flexibility index (Phi) is 10.7. The minimum atomic E-state index is -4.08. The Hall–Kier alpha value is -2.79. The van der Waals surface area contributed by atoms with Crippen molar-refractivity contribution >= 4 is 33.9 Å². The quantitative estimate of drug-likeness (QED) is 0.243. The highest BCUT2D eigenvalue weighted by Gasteiger charge is 2.25. The van der Waals surface area contributed by atoms with Crippen LogP contribution in [0.1, 0.15) is 13.8 Å². The van der Waals surface area contributed by atoms with Crippen molar-refractivity contribution < 1.29 is 36.9 Å². The number of hydrogen-bond acceptors (Lipinski definition) is 7. The zero-order chi connectivity index (χ0) is 20.3. The van der Waals surface area contributed by atoms with Crippen molar-refractivity contribution in [3.63, 3.8) is 0 Å². The molecule has 0 atom stereocenters. The Morgan fingerprint density at radius 1 is 1.24 bits per heavy atom. The Morgan fingerprint density at radius 2 is 1.64 bits per heavy atom. The maximum absolute atomic E-state index is 10.8. The molecule has 4 N–H and O–H groups in total. The topological polar surface area (TPSA) is 170 Å². The number of amides is 2. The second-order valence-corrected chi connectivity index (χ2v) is 6.44. The summed E-state index contributed by atoms with van der Waals surface area (Å²) in [6, 6.07) is 0. The highest BCUT2D eigenvalue weighted by atomic mass is 32.2. The largest absolute Gasteiger partial charge is 0.387 e. The first-order valence-electron chi connectivity index (χ1n) is 6.48. The van der Waals surface area contributed by atoms with E-state index in [0.717, 1.165) is 24.3 Å². The van der Waals surface area contributed by atoms with E-state index in [0.29, 0.717) is 0 Å². The predicted octanol–water partition coefficient (Wildman–Crippen LogP) is -0.761. The number of esters is 2. The third-order valence-corrected chi connectivity index (χ3v) is 3.03. The van der Waals surface area contributed by atoms with Crippen molar-refractivity contribution in [1.82, 2.24) is 5.32 Å². The molecule has 0 unspecified atom stereocenters. The van der Waals surface area contributed by atoms with E-state index in [1.54, 1.807) is 0 Å². The lowest BCUT2D eigenvalue weighted by molar-refractivity contribution is -0.150. The van der Waals surface area contributed by atoms with Gasteiger partial charge in [-0.05, 0) is 26.0 Å². The van der Waals surface area contributed by atoms with Crippen LogP contribution in [0.2, 0.25) is 0 Å². The molecule has 0 radical (unpaired) electrons. The van der Waals surface area contributed by atoms with Crippen molar-refractivity contribution in [3.8, 4) is 0 Å². The van der Waals surface area contributed by atoms with Crippen molar-refractivity contribution in [1.29, 1.82) is 0 Å². The normalized spacial score (nSPS) is 12.6. The highest BCUT2D eigenvalue weighted by molar-refractivity contribution is 7.85. The van der Waals surface area contributed by atoms with Gasteiger partial charge in [0.2, 0.25) is 11.8 Å². The van der Waals surface area contributed by atoms with E-state index in [9.17, 15) is 27.6 Å². The van der Waals surface area contributed by atoms with Gasteiger partial charge < -0.3 is 15.8 Å². The zero-order valence-electron chi connectivity index (χ0n) is 13.7. The van der Waals surface area contributed by atoms with E-state index in [1.807, 2.05) is 0 Å². The second-order valence-electron chi connectivity index (χ2n) is 4.98. The Labute approximate surface area is 145 Å². The predicted molar refractivity (Wildman–Crippen MR) is 88.5 cm³/mol. The molecule has 0 saturated carbocycles. The van der Waals surface area contributed by atoms with Gasteiger partial charge in [0.05, 0.1) is 11.3 Å². The van der Waals surface area contributed by atoms with Crippen molar-refractivity contribution in [2.75, 3.05) is 5.75 Å². The fourth-order valence-corrected chi connectivity index (χ4v) is 2.16. The molecule has 0 aliphatic carbocycles. The summed E-state index contributed by atoms with van der Waals surface area (Å²) in [6.45, 7) is 9.28. The minimum absolute atomic E-state index is 0.478. The second kappa shape index (κ2) is 10.9. The summed E-state index contributed by atoms with van der Waals surface area (Å²) in [5.74, 6) is -2.65. The Bertz CT molecular complexity index is 661. The molecule has 0 spiro atoms. The fraction of sp³-hybridized carbons (Fsp3) is 0.286. The number of ether oxygens (including phenoxy) is 1. The summed E-state index contributed by atoms with van der Waals surface area (Å²) in [5.41, 5.74) is 3.53. The van der Waals surface area contributed by atoms with Crippen molar-refractivity contribution in [2.45, 2.75) is 19.4 Å². The van der Waals surface area contributed by atoms with Crippen LogP contribution in [-0.4, -0.2) is 48.0 Å². The van der Waals surface area contributed by atoms with Gasteiger partial charge in [-0.25, -0.2) is 9.59 Å². The Morgan fingerprint density at radius 3 is 1.84 bits per heavy atom. The molecule has 10 nitrogen and oxygen atoms in total. The van der Waals surface area contributed by atoms with Crippen LogP contribution in [-0.2, 0) is 34.0 Å². The molecule has 0 aromatic carbocycles. The van der Waals surface area contributed by atoms with Crippen molar-refractivity contribution in [2.24, 2.45) is 5.73 Å². The van der Waals surface area contributed by atoms with Gasteiger partial charge in [-0.3, -0.25) is 14.1 Å². The number of cyclic esters (lactones) is 2. The van der Waals surface area contributed by atoms with Crippen LogP contribution in [0.5, 0.6) is 0 Å². The first-order chi connectivity index (χ1) is 11.2. The van der Waals surface area contributed by atoms with Gasteiger partial charge in [-0.15, -0.1) is 0 Å². The first-order valence-corrected chi connectivity index (χ1v) is 8.09. The lowest BCUT2D eigenvalue weighted by Crippen LogP contribution is -2.47. The van der Waals surface area contributed by atoms with E-state index < -0.39 is 45.2 Å². The van der Waals surface area contributed by atoms with E-state index in [2.05, 4.69) is 28.9 Å². The first kappa shape index (κ1) is 24.5. The molecule has 1 rings (SSSR count). The SMILES string of the molecule is C=CC(=O)NC(C)(C)CS(=O)(=O)O.C=CC(N)=O.O=C1C=CC(=O)O1. The minimum Gasteiger partial charge on any atom is -0.387 e. The van der Waals surface area contributed by atoms with E-state index in [1.165, 1.54) is 13.8 Å². The number of carbonyl (C=O) groups excluding carboxylic acids is 4. The van der Waals surface area contributed by atoms with Crippen LogP contribution >= 0.6 is 0 Å². The smallest absolute Gasteiger partial charge is 0.338 e. The van der Waals surface area contributed by atoms with Gasteiger partial charge in [0.25, 0.3) is 10.1 Å². The molecule has 1 aliphatic rings. The van der Waals surface area contributed by atoms with Crippen molar-refractivity contribution in [3.05, 3.63) is 37.5 Å². The molecule has 140 valence electrons. The van der Waals surface area contributed by atoms with Crippen LogP contribution in [0.15, 0.2) is 37.5 Å². The molecule has 0 aromatic rings. The third kappa shape index (κ3) is 17.4. The molecule has 2 amide bonds. The third-order valence-electron chi connectivity index (χ3n) is 1.95. The fourth-order valence-electron chi connectivity index (χ4n) is 1.18. The van der Waals surface area contributed by atoms with Gasteiger partial charge >= 0.3 is 11.9 Å². The van der Waals surface area contributed by atoms with Gasteiger partial charge in [-0.1, -0.05) is 13.2 Å². The van der Waals surface area contributed by atoms with Gasteiger partial charge in [-0.2, -0.15) is 8.42 Å². The molecule has 11 heteroatoms. The monoisotopic (exact) mass is 376 g/mol. The van der Waals surface area contributed by atoms with Gasteiger partial charge in [0, 0.05) is 12.2 Å². The molecular formula is C14H20N2O8S. The zero-order valence-corrected chi connectivity index (χ0v) is 14.5. The molecule has 1 heterocycles. The summed E-state index contributed by atoms with van der Waals surface area (Å²) in [7, 11) is -4.08. The molecular weight excluding hydrogens is 356 g/mol. The summed E-state index contributed by atoms with van der Waals surface area (Å²) in [4.78, 5) is 40.1.